The lowest BCUT2D eigenvalue weighted by atomic mass is 10.1. The second-order valence-electron chi connectivity index (χ2n) is 10.3. The van der Waals surface area contributed by atoms with Crippen LogP contribution in [0, 0.1) is 6.92 Å². The fraction of sp³-hybridized carbons (Fsp3) is 0.500. The Balaban J connectivity index is 2.04. The summed E-state index contributed by atoms with van der Waals surface area (Å²) in [4.78, 5) is 12.5. The standard InChI is InChI=1S/C26H39NO6SSi/c1-20-13-15-23(16-14-20)34(29,30)32-18-17-24(33-35(6,7)26(3,4)5)21(2)27-25(28)31-19-22-11-9-8-10-12-22/h8-16,21,24H,17-19H2,1-7H3,(H,27,28)/t21-,24-/m0/s1. The van der Waals surface area contributed by atoms with Crippen LogP contribution in [0.15, 0.2) is 59.5 Å². The Labute approximate surface area is 211 Å². The van der Waals surface area contributed by atoms with Crippen LogP contribution in [0.3, 0.4) is 0 Å². The summed E-state index contributed by atoms with van der Waals surface area (Å²) >= 11 is 0. The Morgan fingerprint density at radius 1 is 1.03 bits per heavy atom. The number of benzene rings is 2. The fourth-order valence-corrected chi connectivity index (χ4v) is 5.41. The second-order valence-corrected chi connectivity index (χ2v) is 16.7. The molecule has 7 nitrogen and oxygen atoms in total. The molecule has 2 aromatic carbocycles. The van der Waals surface area contributed by atoms with E-state index in [1.807, 2.05) is 44.2 Å². The number of rotatable bonds is 11. The van der Waals surface area contributed by atoms with Crippen molar-refractivity contribution in [2.45, 2.75) is 82.8 Å². The Kier molecular flexibility index (Phi) is 10.1. The van der Waals surface area contributed by atoms with Gasteiger partial charge in [-0.1, -0.05) is 68.8 Å². The van der Waals surface area contributed by atoms with Crippen LogP contribution in [0.25, 0.3) is 0 Å². The van der Waals surface area contributed by atoms with Gasteiger partial charge in [0, 0.05) is 0 Å². The summed E-state index contributed by atoms with van der Waals surface area (Å²) in [7, 11) is -6.11. The lowest BCUT2D eigenvalue weighted by Crippen LogP contribution is -2.51. The smallest absolute Gasteiger partial charge is 0.407 e. The zero-order chi connectivity index (χ0) is 26.3. The summed E-state index contributed by atoms with van der Waals surface area (Å²) in [6.07, 6.45) is -0.718. The van der Waals surface area contributed by atoms with Crippen LogP contribution < -0.4 is 5.32 Å². The molecular weight excluding hydrogens is 482 g/mol. The molecule has 194 valence electrons. The van der Waals surface area contributed by atoms with Gasteiger partial charge in [-0.15, -0.1) is 0 Å². The van der Waals surface area contributed by atoms with E-state index in [-0.39, 0.29) is 29.6 Å². The molecule has 0 radical (unpaired) electrons. The van der Waals surface area contributed by atoms with E-state index in [1.54, 1.807) is 12.1 Å². The highest BCUT2D eigenvalue weighted by Crippen LogP contribution is 2.38. The van der Waals surface area contributed by atoms with Crippen molar-refractivity contribution in [3.8, 4) is 0 Å². The van der Waals surface area contributed by atoms with E-state index in [0.29, 0.717) is 0 Å². The predicted molar refractivity (Wildman–Crippen MR) is 140 cm³/mol. The Bertz CT molecular complexity index is 1050. The molecule has 9 heteroatoms. The highest BCUT2D eigenvalue weighted by Gasteiger charge is 2.40. The lowest BCUT2D eigenvalue weighted by Gasteiger charge is -2.41. The highest BCUT2D eigenvalue weighted by atomic mass is 32.2. The van der Waals surface area contributed by atoms with E-state index in [9.17, 15) is 13.2 Å². The molecule has 2 aromatic rings. The maximum Gasteiger partial charge on any atom is 0.407 e. The van der Waals surface area contributed by atoms with Gasteiger partial charge in [0.2, 0.25) is 0 Å². The molecule has 35 heavy (non-hydrogen) atoms. The number of hydrogen-bond donors (Lipinski definition) is 1. The summed E-state index contributed by atoms with van der Waals surface area (Å²) in [5.74, 6) is 0. The number of hydrogen-bond acceptors (Lipinski definition) is 6. The minimum absolute atomic E-state index is 0.0619. The first-order valence-corrected chi connectivity index (χ1v) is 16.1. The first kappa shape index (κ1) is 29.0. The van der Waals surface area contributed by atoms with Crippen LogP contribution in [0.5, 0.6) is 0 Å². The predicted octanol–water partition coefficient (Wildman–Crippen LogP) is 5.80. The molecule has 1 N–H and O–H groups in total. The minimum Gasteiger partial charge on any atom is -0.445 e. The van der Waals surface area contributed by atoms with Gasteiger partial charge < -0.3 is 14.5 Å². The van der Waals surface area contributed by atoms with Crippen LogP contribution in [0.2, 0.25) is 18.1 Å². The molecule has 1 amide bonds. The van der Waals surface area contributed by atoms with Crippen molar-refractivity contribution in [1.82, 2.24) is 5.32 Å². The molecule has 0 unspecified atom stereocenters. The van der Waals surface area contributed by atoms with Crippen molar-refractivity contribution < 1.29 is 26.6 Å². The summed E-state index contributed by atoms with van der Waals surface area (Å²) < 4.78 is 42.4. The number of amides is 1. The zero-order valence-electron chi connectivity index (χ0n) is 21.8. The van der Waals surface area contributed by atoms with Crippen LogP contribution in [-0.4, -0.2) is 41.6 Å². The molecule has 0 bridgehead atoms. The molecule has 0 heterocycles. The average Bonchev–Trinajstić information content (AvgIpc) is 2.77. The monoisotopic (exact) mass is 521 g/mol. The minimum atomic E-state index is -3.89. The van der Waals surface area contributed by atoms with Gasteiger partial charge in [-0.3, -0.25) is 4.18 Å². The van der Waals surface area contributed by atoms with Crippen LogP contribution in [0.1, 0.15) is 45.2 Å². The third-order valence-electron chi connectivity index (χ3n) is 6.32. The highest BCUT2D eigenvalue weighted by molar-refractivity contribution is 7.86. The number of ether oxygens (including phenoxy) is 1. The molecular formula is C26H39NO6SSi. The van der Waals surface area contributed by atoms with E-state index in [4.69, 9.17) is 13.3 Å². The van der Waals surface area contributed by atoms with E-state index in [2.05, 4.69) is 39.2 Å². The van der Waals surface area contributed by atoms with E-state index >= 15 is 0 Å². The lowest BCUT2D eigenvalue weighted by molar-refractivity contribution is 0.0974. The number of nitrogens with one attached hydrogen (secondary N) is 1. The maximum atomic E-state index is 12.6. The number of aryl methyl sites for hydroxylation is 1. The first-order chi connectivity index (χ1) is 16.2. The molecule has 0 spiro atoms. The number of carbonyl (C=O) groups excluding carboxylic acids is 1. The largest absolute Gasteiger partial charge is 0.445 e. The average molecular weight is 522 g/mol. The van der Waals surface area contributed by atoms with Crippen molar-refractivity contribution >= 4 is 24.5 Å². The molecule has 2 rings (SSSR count). The zero-order valence-corrected chi connectivity index (χ0v) is 23.6. The van der Waals surface area contributed by atoms with Crippen LogP contribution in [0.4, 0.5) is 4.79 Å². The van der Waals surface area contributed by atoms with Crippen LogP contribution in [-0.2, 0) is 30.1 Å². The molecule has 0 saturated carbocycles. The van der Waals surface area contributed by atoms with E-state index < -0.39 is 36.7 Å². The third-order valence-corrected chi connectivity index (χ3v) is 12.1. The molecule has 0 saturated heterocycles. The van der Waals surface area contributed by atoms with Crippen molar-refractivity contribution in [2.24, 2.45) is 0 Å². The van der Waals surface area contributed by atoms with Gasteiger partial charge in [0.15, 0.2) is 8.32 Å². The van der Waals surface area contributed by atoms with E-state index in [0.717, 1.165) is 11.1 Å². The molecule has 0 aliphatic rings. The Morgan fingerprint density at radius 2 is 1.63 bits per heavy atom. The second kappa shape index (κ2) is 12.2. The van der Waals surface area contributed by atoms with Crippen molar-refractivity contribution in [2.75, 3.05) is 6.61 Å². The Hall–Kier alpha value is -2.20. The van der Waals surface area contributed by atoms with Gasteiger partial charge >= 0.3 is 6.09 Å². The van der Waals surface area contributed by atoms with E-state index in [1.165, 1.54) is 12.1 Å². The molecule has 2 atom stereocenters. The fourth-order valence-electron chi connectivity index (χ4n) is 3.06. The number of carbonyl (C=O) groups is 1. The van der Waals surface area contributed by atoms with Gasteiger partial charge in [-0.05, 0) is 56.1 Å². The van der Waals surface area contributed by atoms with Gasteiger partial charge in [0.25, 0.3) is 10.1 Å². The van der Waals surface area contributed by atoms with Crippen molar-refractivity contribution in [1.29, 1.82) is 0 Å². The van der Waals surface area contributed by atoms with Gasteiger partial charge in [-0.2, -0.15) is 8.42 Å². The molecule has 0 aromatic heterocycles. The summed E-state index contributed by atoms with van der Waals surface area (Å²) in [5.41, 5.74) is 1.85. The molecule has 0 aliphatic carbocycles. The third kappa shape index (κ3) is 9.07. The van der Waals surface area contributed by atoms with Crippen LogP contribution >= 0.6 is 0 Å². The summed E-state index contributed by atoms with van der Waals surface area (Å²) in [6, 6.07) is 15.5. The van der Waals surface area contributed by atoms with Crippen molar-refractivity contribution in [3.63, 3.8) is 0 Å². The summed E-state index contributed by atoms with van der Waals surface area (Å²) in [5, 5.41) is 2.78. The topological polar surface area (TPSA) is 90.9 Å². The van der Waals surface area contributed by atoms with Crippen molar-refractivity contribution in [3.05, 3.63) is 65.7 Å². The van der Waals surface area contributed by atoms with Gasteiger partial charge in [0.05, 0.1) is 23.6 Å². The Morgan fingerprint density at radius 3 is 2.20 bits per heavy atom. The van der Waals surface area contributed by atoms with Gasteiger partial charge in [0.1, 0.15) is 6.61 Å². The summed E-state index contributed by atoms with van der Waals surface area (Å²) in [6.45, 7) is 14.4. The normalized spacial score (nSPS) is 14.3. The van der Waals surface area contributed by atoms with Gasteiger partial charge in [-0.25, -0.2) is 4.79 Å². The first-order valence-electron chi connectivity index (χ1n) is 11.8. The number of alkyl carbamates (subject to hydrolysis) is 1. The molecule has 0 fully saturated rings. The SMILES string of the molecule is Cc1ccc(S(=O)(=O)OCC[C@H](O[Si](C)(C)C(C)(C)C)[C@H](C)NC(=O)OCc2ccccc2)cc1. The molecule has 0 aliphatic heterocycles. The quantitative estimate of drug-likeness (QED) is 0.297. The maximum absolute atomic E-state index is 12.6.